The van der Waals surface area contributed by atoms with Gasteiger partial charge in [0.2, 0.25) is 5.91 Å². The number of halogens is 3. The fourth-order valence-electron chi connectivity index (χ4n) is 2.38. The van der Waals surface area contributed by atoms with E-state index in [-0.39, 0.29) is 6.54 Å². The summed E-state index contributed by atoms with van der Waals surface area (Å²) in [6.45, 7) is 1.59. The molecule has 0 saturated heterocycles. The van der Waals surface area contributed by atoms with Crippen molar-refractivity contribution in [2.75, 3.05) is 12.4 Å². The Bertz CT molecular complexity index is 965. The van der Waals surface area contributed by atoms with Gasteiger partial charge >= 0.3 is 6.18 Å². The van der Waals surface area contributed by atoms with Gasteiger partial charge in [-0.05, 0) is 25.1 Å². The Hall–Kier alpha value is -2.88. The van der Waals surface area contributed by atoms with E-state index in [1.54, 1.807) is 12.5 Å². The normalized spacial score (nSPS) is 11.4. The van der Waals surface area contributed by atoms with Crippen molar-refractivity contribution in [3.63, 3.8) is 0 Å². The molecular formula is C17H15F3N4O2S. The third-order valence-electron chi connectivity index (χ3n) is 3.62. The summed E-state index contributed by atoms with van der Waals surface area (Å²) in [4.78, 5) is 16.4. The lowest BCUT2D eigenvalue weighted by Crippen LogP contribution is -2.19. The average molecular weight is 396 g/mol. The molecule has 3 aromatic rings. The minimum atomic E-state index is -4.54. The number of ether oxygens (including phenoxy) is 1. The van der Waals surface area contributed by atoms with Crippen molar-refractivity contribution in [3.05, 3.63) is 47.1 Å². The topological polar surface area (TPSA) is 69.0 Å². The van der Waals surface area contributed by atoms with Crippen LogP contribution in [0.5, 0.6) is 5.75 Å². The number of aryl methyl sites for hydroxylation is 1. The van der Waals surface area contributed by atoms with Crippen LogP contribution in [0.15, 0.2) is 35.8 Å². The van der Waals surface area contributed by atoms with Crippen molar-refractivity contribution >= 4 is 22.4 Å². The fraction of sp³-hybridized carbons (Fsp3) is 0.235. The second-order valence-corrected chi connectivity index (χ2v) is 6.54. The van der Waals surface area contributed by atoms with Crippen molar-refractivity contribution < 1.29 is 22.7 Å². The number of rotatable bonds is 5. The number of nitrogens with zero attached hydrogens (tertiary/aromatic N) is 3. The molecule has 0 aliphatic rings. The molecule has 0 atom stereocenters. The van der Waals surface area contributed by atoms with E-state index in [0.29, 0.717) is 16.6 Å². The van der Waals surface area contributed by atoms with Gasteiger partial charge < -0.3 is 10.1 Å². The van der Waals surface area contributed by atoms with Crippen LogP contribution < -0.4 is 10.1 Å². The highest BCUT2D eigenvalue weighted by Crippen LogP contribution is 2.33. The molecular weight excluding hydrogens is 381 g/mol. The molecule has 0 bridgehead atoms. The van der Waals surface area contributed by atoms with Crippen LogP contribution in [-0.4, -0.2) is 27.8 Å². The molecule has 0 radical (unpaired) electrons. The number of carbonyl (C=O) groups is 1. The summed E-state index contributed by atoms with van der Waals surface area (Å²) in [6, 6.07) is 6.48. The summed E-state index contributed by atoms with van der Waals surface area (Å²) in [5, 5.41) is 8.01. The Morgan fingerprint density at radius 1 is 1.33 bits per heavy atom. The molecule has 1 N–H and O–H groups in total. The number of aromatic nitrogens is 3. The molecule has 0 spiro atoms. The van der Waals surface area contributed by atoms with Gasteiger partial charge in [0.1, 0.15) is 12.3 Å². The van der Waals surface area contributed by atoms with Crippen molar-refractivity contribution in [2.24, 2.45) is 0 Å². The summed E-state index contributed by atoms with van der Waals surface area (Å²) in [5.41, 5.74) is 1.41. The summed E-state index contributed by atoms with van der Waals surface area (Å²) in [7, 11) is 1.56. The highest BCUT2D eigenvalue weighted by atomic mass is 32.1. The van der Waals surface area contributed by atoms with Crippen molar-refractivity contribution in [3.8, 4) is 17.0 Å². The Labute approximate surface area is 156 Å². The fourth-order valence-corrected chi connectivity index (χ4v) is 3.11. The number of thiazole rings is 1. The van der Waals surface area contributed by atoms with Crippen molar-refractivity contribution in [1.82, 2.24) is 14.8 Å². The summed E-state index contributed by atoms with van der Waals surface area (Å²) in [5.74, 6) is 0.129. The smallest absolute Gasteiger partial charge is 0.435 e. The summed E-state index contributed by atoms with van der Waals surface area (Å²) >= 11 is 1.21. The molecule has 142 valence electrons. The van der Waals surface area contributed by atoms with Crippen LogP contribution in [0.1, 0.15) is 11.3 Å². The molecule has 0 saturated carbocycles. The van der Waals surface area contributed by atoms with Crippen LogP contribution in [0.3, 0.4) is 0 Å². The van der Waals surface area contributed by atoms with Crippen molar-refractivity contribution in [2.45, 2.75) is 19.6 Å². The van der Waals surface area contributed by atoms with Gasteiger partial charge in [0.25, 0.3) is 0 Å². The number of nitrogens with one attached hydrogen (secondary N) is 1. The largest absolute Gasteiger partial charge is 0.496 e. The number of amides is 1. The Morgan fingerprint density at radius 2 is 2.11 bits per heavy atom. The molecule has 0 unspecified atom stereocenters. The first-order chi connectivity index (χ1) is 12.8. The first kappa shape index (κ1) is 18.9. The number of anilines is 1. The molecule has 1 aromatic carbocycles. The predicted molar refractivity (Wildman–Crippen MR) is 94.7 cm³/mol. The van der Waals surface area contributed by atoms with Gasteiger partial charge in [0, 0.05) is 17.1 Å². The molecule has 6 nitrogen and oxygen atoms in total. The lowest BCUT2D eigenvalue weighted by Gasteiger charge is -2.07. The van der Waals surface area contributed by atoms with Crippen LogP contribution in [0.4, 0.5) is 18.3 Å². The van der Waals surface area contributed by atoms with Crippen LogP contribution in [-0.2, 0) is 17.5 Å². The summed E-state index contributed by atoms with van der Waals surface area (Å²) in [6.07, 6.45) is -3.44. The van der Waals surface area contributed by atoms with Gasteiger partial charge in [0.05, 0.1) is 12.8 Å². The van der Waals surface area contributed by atoms with Crippen LogP contribution >= 0.6 is 11.3 Å². The van der Waals surface area contributed by atoms with E-state index in [0.717, 1.165) is 28.1 Å². The molecule has 3 rings (SSSR count). The van der Waals surface area contributed by atoms with Crippen LogP contribution in [0.2, 0.25) is 0 Å². The first-order valence-electron chi connectivity index (χ1n) is 7.77. The zero-order chi connectivity index (χ0) is 19.6. The molecule has 0 aliphatic carbocycles. The Morgan fingerprint density at radius 3 is 2.78 bits per heavy atom. The third-order valence-corrected chi connectivity index (χ3v) is 4.38. The monoisotopic (exact) mass is 396 g/mol. The molecule has 0 fully saturated rings. The summed E-state index contributed by atoms with van der Waals surface area (Å²) < 4.78 is 43.9. The Balaban J connectivity index is 1.70. The quantitative estimate of drug-likeness (QED) is 0.708. The highest BCUT2D eigenvalue weighted by Gasteiger charge is 2.33. The second kappa shape index (κ2) is 7.39. The molecule has 1 amide bonds. The number of alkyl halides is 3. The maximum atomic E-state index is 12.5. The SMILES string of the molecule is COc1ccc(C)cc1-c1csc(NC(=O)Cn2ccc(C(F)(F)F)n2)n1. The van der Waals surface area contributed by atoms with Gasteiger partial charge in [-0.3, -0.25) is 9.48 Å². The lowest BCUT2D eigenvalue weighted by atomic mass is 10.1. The van der Waals surface area contributed by atoms with Crippen LogP contribution in [0.25, 0.3) is 11.3 Å². The standard InChI is InChI=1S/C17H15F3N4O2S/c1-10-3-4-13(26-2)11(7-10)12-9-27-16(21-12)22-15(25)8-24-6-5-14(23-24)17(18,19)20/h3-7,9H,8H2,1-2H3,(H,21,22,25). The van der Waals surface area contributed by atoms with E-state index in [1.807, 2.05) is 25.1 Å². The molecule has 10 heteroatoms. The van der Waals surface area contributed by atoms with E-state index in [1.165, 1.54) is 11.3 Å². The van der Waals surface area contributed by atoms with Gasteiger partial charge in [-0.1, -0.05) is 11.6 Å². The molecule has 27 heavy (non-hydrogen) atoms. The van der Waals surface area contributed by atoms with Gasteiger partial charge in [-0.2, -0.15) is 18.3 Å². The first-order valence-corrected chi connectivity index (χ1v) is 8.65. The minimum absolute atomic E-state index is 0.335. The zero-order valence-corrected chi connectivity index (χ0v) is 15.2. The van der Waals surface area contributed by atoms with E-state index in [2.05, 4.69) is 15.4 Å². The van der Waals surface area contributed by atoms with E-state index in [9.17, 15) is 18.0 Å². The number of carbonyl (C=O) groups excluding carboxylic acids is 1. The molecule has 2 aromatic heterocycles. The average Bonchev–Trinajstić information content (AvgIpc) is 3.24. The number of methoxy groups -OCH3 is 1. The van der Waals surface area contributed by atoms with Gasteiger partial charge in [-0.15, -0.1) is 11.3 Å². The maximum absolute atomic E-state index is 12.5. The zero-order valence-electron chi connectivity index (χ0n) is 14.4. The second-order valence-electron chi connectivity index (χ2n) is 5.69. The van der Waals surface area contributed by atoms with Crippen molar-refractivity contribution in [1.29, 1.82) is 0 Å². The highest BCUT2D eigenvalue weighted by molar-refractivity contribution is 7.14. The molecule has 0 aliphatic heterocycles. The minimum Gasteiger partial charge on any atom is -0.496 e. The number of benzene rings is 1. The maximum Gasteiger partial charge on any atom is 0.435 e. The Kier molecular flexibility index (Phi) is 5.17. The van der Waals surface area contributed by atoms with Crippen LogP contribution in [0, 0.1) is 6.92 Å². The third kappa shape index (κ3) is 4.45. The van der Waals surface area contributed by atoms with E-state index >= 15 is 0 Å². The van der Waals surface area contributed by atoms with E-state index in [4.69, 9.17) is 4.74 Å². The van der Waals surface area contributed by atoms with E-state index < -0.39 is 17.8 Å². The lowest BCUT2D eigenvalue weighted by molar-refractivity contribution is -0.141. The number of hydrogen-bond acceptors (Lipinski definition) is 5. The van der Waals surface area contributed by atoms with Gasteiger partial charge in [0.15, 0.2) is 10.8 Å². The predicted octanol–water partition coefficient (Wildman–Crippen LogP) is 3.98. The number of hydrogen-bond donors (Lipinski definition) is 1. The van der Waals surface area contributed by atoms with Gasteiger partial charge in [-0.25, -0.2) is 4.98 Å². The molecule has 2 heterocycles.